The molecule has 1 aromatic heterocycles. The van der Waals surface area contributed by atoms with Gasteiger partial charge in [0.15, 0.2) is 0 Å². The molecule has 1 atom stereocenters. The van der Waals surface area contributed by atoms with Crippen LogP contribution in [0.2, 0.25) is 0 Å². The first-order valence-electron chi connectivity index (χ1n) is 5.75. The third-order valence-electron chi connectivity index (χ3n) is 2.77. The van der Waals surface area contributed by atoms with Gasteiger partial charge in [0.2, 0.25) is 0 Å². The maximum atomic E-state index is 10.7. The third kappa shape index (κ3) is 2.85. The maximum absolute atomic E-state index is 10.7. The lowest BCUT2D eigenvalue weighted by Gasteiger charge is -2.03. The standard InChI is InChI=1S/C13H12BrNO4/c1-2-11(16)13-6-5-12(19-13)8-3-4-10(15(17)18)9(14)7-8/h3-7,11,16H,2H2,1H3. The largest absolute Gasteiger partial charge is 0.458 e. The molecule has 5 nitrogen and oxygen atoms in total. The highest BCUT2D eigenvalue weighted by atomic mass is 79.9. The molecule has 1 unspecified atom stereocenters. The molecule has 0 amide bonds. The minimum Gasteiger partial charge on any atom is -0.458 e. The van der Waals surface area contributed by atoms with Crippen LogP contribution in [0.15, 0.2) is 39.2 Å². The minimum absolute atomic E-state index is 0.00382. The molecule has 0 radical (unpaired) electrons. The highest BCUT2D eigenvalue weighted by molar-refractivity contribution is 9.10. The highest BCUT2D eigenvalue weighted by Gasteiger charge is 2.15. The minimum atomic E-state index is -0.629. The van der Waals surface area contributed by atoms with Crippen LogP contribution >= 0.6 is 15.9 Å². The van der Waals surface area contributed by atoms with Crippen LogP contribution in [0.4, 0.5) is 5.69 Å². The summed E-state index contributed by atoms with van der Waals surface area (Å²) in [5.41, 5.74) is 0.719. The monoisotopic (exact) mass is 325 g/mol. The molecule has 0 fully saturated rings. The Hall–Kier alpha value is -1.66. The lowest BCUT2D eigenvalue weighted by molar-refractivity contribution is -0.385. The summed E-state index contributed by atoms with van der Waals surface area (Å²) in [5.74, 6) is 1.06. The predicted octanol–water partition coefficient (Wildman–Crippen LogP) is 4.06. The maximum Gasteiger partial charge on any atom is 0.283 e. The molecule has 2 aromatic rings. The lowest BCUT2D eigenvalue weighted by Crippen LogP contribution is -1.91. The van der Waals surface area contributed by atoms with Crippen LogP contribution in [0.3, 0.4) is 0 Å². The fraction of sp³-hybridized carbons (Fsp3) is 0.231. The summed E-state index contributed by atoms with van der Waals surface area (Å²) in [6.07, 6.45) is -0.0630. The zero-order valence-corrected chi connectivity index (χ0v) is 11.8. The molecule has 0 aliphatic heterocycles. The van der Waals surface area contributed by atoms with Crippen molar-refractivity contribution in [3.8, 4) is 11.3 Å². The van der Waals surface area contributed by atoms with E-state index in [4.69, 9.17) is 4.42 Å². The summed E-state index contributed by atoms with van der Waals surface area (Å²) in [6.45, 7) is 1.86. The van der Waals surface area contributed by atoms with Crippen molar-refractivity contribution in [2.24, 2.45) is 0 Å². The topological polar surface area (TPSA) is 76.5 Å². The first kappa shape index (κ1) is 13.8. The van der Waals surface area contributed by atoms with Crippen LogP contribution in [0, 0.1) is 10.1 Å². The fourth-order valence-electron chi connectivity index (χ4n) is 1.70. The highest BCUT2D eigenvalue weighted by Crippen LogP contribution is 2.32. The number of hydrogen-bond acceptors (Lipinski definition) is 4. The second kappa shape index (κ2) is 5.54. The fourth-order valence-corrected chi connectivity index (χ4v) is 2.22. The van der Waals surface area contributed by atoms with Crippen LogP contribution in [-0.2, 0) is 0 Å². The SMILES string of the molecule is CCC(O)c1ccc(-c2ccc([N+](=O)[O-])c(Br)c2)o1. The van der Waals surface area contributed by atoms with Gasteiger partial charge >= 0.3 is 0 Å². The molecule has 1 aromatic carbocycles. The van der Waals surface area contributed by atoms with Gasteiger partial charge in [-0.25, -0.2) is 0 Å². The van der Waals surface area contributed by atoms with Gasteiger partial charge in [-0.15, -0.1) is 0 Å². The molecular formula is C13H12BrNO4. The molecule has 2 rings (SSSR count). The molecule has 0 spiro atoms. The van der Waals surface area contributed by atoms with Crippen LogP contribution in [0.1, 0.15) is 25.2 Å². The summed E-state index contributed by atoms with van der Waals surface area (Å²) in [4.78, 5) is 10.3. The van der Waals surface area contributed by atoms with Gasteiger partial charge in [0.05, 0.1) is 9.40 Å². The van der Waals surface area contributed by atoms with E-state index in [9.17, 15) is 15.2 Å². The number of rotatable bonds is 4. The van der Waals surface area contributed by atoms with E-state index in [1.54, 1.807) is 24.3 Å². The number of nitro groups is 1. The van der Waals surface area contributed by atoms with Gasteiger partial charge in [0.25, 0.3) is 5.69 Å². The molecule has 0 bridgehead atoms. The second-order valence-corrected chi connectivity index (χ2v) is 4.90. The Bertz CT molecular complexity index is 608. The number of hydrogen-bond donors (Lipinski definition) is 1. The van der Waals surface area contributed by atoms with Gasteiger partial charge in [0, 0.05) is 11.6 Å². The quantitative estimate of drug-likeness (QED) is 0.679. The Morgan fingerprint density at radius 1 is 1.42 bits per heavy atom. The lowest BCUT2D eigenvalue weighted by atomic mass is 10.1. The van der Waals surface area contributed by atoms with Crippen molar-refractivity contribution in [1.82, 2.24) is 0 Å². The molecule has 19 heavy (non-hydrogen) atoms. The Morgan fingerprint density at radius 2 is 2.16 bits per heavy atom. The molecule has 0 aliphatic rings. The zero-order chi connectivity index (χ0) is 14.0. The van der Waals surface area contributed by atoms with Gasteiger partial charge < -0.3 is 9.52 Å². The number of halogens is 1. The number of benzene rings is 1. The third-order valence-corrected chi connectivity index (χ3v) is 3.41. The van der Waals surface area contributed by atoms with E-state index >= 15 is 0 Å². The van der Waals surface area contributed by atoms with Crippen LogP contribution in [-0.4, -0.2) is 10.0 Å². The number of aliphatic hydroxyl groups excluding tert-OH is 1. The molecule has 0 aliphatic carbocycles. The summed E-state index contributed by atoms with van der Waals surface area (Å²) < 4.78 is 5.93. The Morgan fingerprint density at radius 3 is 2.74 bits per heavy atom. The Labute approximate surface area is 118 Å². The van der Waals surface area contributed by atoms with Crippen LogP contribution in [0.5, 0.6) is 0 Å². The van der Waals surface area contributed by atoms with E-state index in [-0.39, 0.29) is 5.69 Å². The predicted molar refractivity (Wildman–Crippen MR) is 73.7 cm³/mol. The molecule has 1 heterocycles. The molecule has 0 saturated heterocycles. The Balaban J connectivity index is 2.35. The first-order valence-corrected chi connectivity index (χ1v) is 6.54. The van der Waals surface area contributed by atoms with E-state index in [1.807, 2.05) is 6.92 Å². The van der Waals surface area contributed by atoms with E-state index < -0.39 is 11.0 Å². The van der Waals surface area contributed by atoms with Crippen molar-refractivity contribution in [3.63, 3.8) is 0 Å². The van der Waals surface area contributed by atoms with Crippen molar-refractivity contribution >= 4 is 21.6 Å². The number of aliphatic hydroxyl groups is 1. The summed E-state index contributed by atoms with van der Waals surface area (Å²) in [6, 6.07) is 8.10. The molecule has 100 valence electrons. The first-order chi connectivity index (χ1) is 9.02. The van der Waals surface area contributed by atoms with E-state index in [2.05, 4.69) is 15.9 Å². The normalized spacial score (nSPS) is 12.4. The summed E-state index contributed by atoms with van der Waals surface area (Å²) in [5, 5.41) is 20.4. The van der Waals surface area contributed by atoms with Gasteiger partial charge in [-0.2, -0.15) is 0 Å². The van der Waals surface area contributed by atoms with Gasteiger partial charge in [-0.1, -0.05) is 6.92 Å². The van der Waals surface area contributed by atoms with E-state index in [0.29, 0.717) is 28.0 Å². The van der Waals surface area contributed by atoms with E-state index in [1.165, 1.54) is 6.07 Å². The van der Waals surface area contributed by atoms with Crippen molar-refractivity contribution in [2.45, 2.75) is 19.4 Å². The number of furan rings is 1. The van der Waals surface area contributed by atoms with Crippen molar-refractivity contribution in [2.75, 3.05) is 0 Å². The van der Waals surface area contributed by atoms with Crippen LogP contribution < -0.4 is 0 Å². The second-order valence-electron chi connectivity index (χ2n) is 4.05. The van der Waals surface area contributed by atoms with Gasteiger partial charge in [-0.3, -0.25) is 10.1 Å². The molecular weight excluding hydrogens is 314 g/mol. The molecule has 0 saturated carbocycles. The van der Waals surface area contributed by atoms with Crippen molar-refractivity contribution in [3.05, 3.63) is 50.7 Å². The summed E-state index contributed by atoms with van der Waals surface area (Å²) in [7, 11) is 0. The average molecular weight is 326 g/mol. The smallest absolute Gasteiger partial charge is 0.283 e. The Kier molecular flexibility index (Phi) is 4.01. The van der Waals surface area contributed by atoms with E-state index in [0.717, 1.165) is 0 Å². The van der Waals surface area contributed by atoms with Crippen LogP contribution in [0.25, 0.3) is 11.3 Å². The zero-order valence-electron chi connectivity index (χ0n) is 10.2. The number of nitrogens with zero attached hydrogens (tertiary/aromatic N) is 1. The van der Waals surface area contributed by atoms with Crippen molar-refractivity contribution < 1.29 is 14.4 Å². The average Bonchev–Trinajstić information content (AvgIpc) is 2.86. The summed E-state index contributed by atoms with van der Waals surface area (Å²) >= 11 is 3.16. The van der Waals surface area contributed by atoms with Gasteiger partial charge in [0.1, 0.15) is 17.6 Å². The molecule has 1 N–H and O–H groups in total. The number of nitro benzene ring substituents is 1. The van der Waals surface area contributed by atoms with Gasteiger partial charge in [-0.05, 0) is 46.6 Å². The van der Waals surface area contributed by atoms with Crippen molar-refractivity contribution in [1.29, 1.82) is 0 Å². The molecule has 6 heteroatoms.